The molecule has 0 saturated carbocycles. The number of hydrogen-bond acceptors (Lipinski definition) is 2. The van der Waals surface area contributed by atoms with Gasteiger partial charge in [-0.25, -0.2) is 0 Å². The molecule has 0 radical (unpaired) electrons. The van der Waals surface area contributed by atoms with E-state index >= 15 is 0 Å². The van der Waals surface area contributed by atoms with Crippen LogP contribution in [-0.4, -0.2) is 39.9 Å². The Kier molecular flexibility index (Phi) is 8.47. The number of nitrogens with zero attached hydrogens (tertiary/aromatic N) is 2. The van der Waals surface area contributed by atoms with Crippen LogP contribution < -0.4 is 9.32 Å². The zero-order chi connectivity index (χ0) is 15.6. The molecule has 22 heavy (non-hydrogen) atoms. The molecule has 0 spiro atoms. The van der Waals surface area contributed by atoms with Crippen LogP contribution >= 0.6 is 0 Å². The second-order valence-corrected chi connectivity index (χ2v) is 9.94. The normalized spacial score (nSPS) is 11.2. The summed E-state index contributed by atoms with van der Waals surface area (Å²) in [6.45, 7) is 4.53. The van der Waals surface area contributed by atoms with Crippen molar-refractivity contribution in [3.8, 4) is 0 Å². The van der Waals surface area contributed by atoms with E-state index in [4.69, 9.17) is 9.97 Å². The molecule has 120 valence electrons. The summed E-state index contributed by atoms with van der Waals surface area (Å²) in [5.41, 5.74) is 1.15. The van der Waals surface area contributed by atoms with E-state index in [1.165, 1.54) is 59.1 Å². The van der Waals surface area contributed by atoms with E-state index in [2.05, 4.69) is 38.1 Å². The van der Waals surface area contributed by atoms with Crippen molar-refractivity contribution in [3.05, 3.63) is 24.3 Å². The van der Waals surface area contributed by atoms with Crippen LogP contribution in [0, 0.1) is 0 Å². The Balaban J connectivity index is 2.09. The summed E-state index contributed by atoms with van der Waals surface area (Å²) in [4.78, 5) is 9.75. The van der Waals surface area contributed by atoms with E-state index in [1.807, 2.05) is 0 Å². The molecule has 2 nitrogen and oxygen atoms in total. The minimum absolute atomic E-state index is 0.438. The molecule has 0 unspecified atom stereocenters. The third-order valence-corrected chi connectivity index (χ3v) is 7.73. The Morgan fingerprint density at radius 2 is 1.50 bits per heavy atom. The zero-order valence-electron chi connectivity index (χ0n) is 13.7. The van der Waals surface area contributed by atoms with Crippen molar-refractivity contribution in [1.82, 2.24) is 9.97 Å². The molecule has 1 aromatic carbocycles. The van der Waals surface area contributed by atoms with E-state index < -0.39 is 0 Å². The maximum absolute atomic E-state index is 4.94. The predicted molar refractivity (Wildman–Crippen MR) is 99.0 cm³/mol. The average Bonchev–Trinajstić information content (AvgIpc) is 2.55. The fraction of sp³-hybridized carbons (Fsp3) is 0.556. The second-order valence-electron chi connectivity index (χ2n) is 5.44. The molecule has 0 fully saturated rings. The topological polar surface area (TPSA) is 25.8 Å². The predicted octanol–water partition coefficient (Wildman–Crippen LogP) is 3.51. The van der Waals surface area contributed by atoms with Gasteiger partial charge in [-0.2, -0.15) is 0 Å². The molecule has 2 rings (SSSR count). The van der Waals surface area contributed by atoms with Gasteiger partial charge in [-0.1, -0.05) is 0 Å². The molecule has 0 aliphatic carbocycles. The number of aromatic nitrogens is 2. The first-order valence-electron chi connectivity index (χ1n) is 8.37. The molecular weight excluding hydrogens is 402 g/mol. The van der Waals surface area contributed by atoms with Crippen LogP contribution in [-0.2, 0) is 0 Å². The molecule has 0 bridgehead atoms. The summed E-state index contributed by atoms with van der Waals surface area (Å²) < 4.78 is 2.45. The maximum atomic E-state index is 4.94. The van der Waals surface area contributed by atoms with Gasteiger partial charge in [-0.05, 0) is 0 Å². The Morgan fingerprint density at radius 1 is 0.818 bits per heavy atom. The Morgan fingerprint density at radius 3 is 2.23 bits per heavy atom. The number of unbranched alkanes of at least 4 members (excludes halogenated alkanes) is 4. The van der Waals surface area contributed by atoms with E-state index in [-0.39, 0.29) is 0 Å². The van der Waals surface area contributed by atoms with Crippen LogP contribution in [0.3, 0.4) is 0 Å². The number of fused-ring (bicyclic) bond motifs is 1. The number of para-hydroxylation sites is 1. The molecule has 0 saturated heterocycles. The first-order chi connectivity index (χ1) is 10.8. The monoisotopic (exact) mass is 430 g/mol. The SMILES string of the molecule is CCCCC[Se]c1nc([Se]CCCCC)c2ccccc2n1. The average molecular weight is 428 g/mol. The van der Waals surface area contributed by atoms with Crippen molar-refractivity contribution >= 4 is 50.1 Å². The second kappa shape index (κ2) is 10.4. The standard InChI is InChI=1S/C18H26N2Se2/c1-3-5-9-13-21-17-15-11-7-8-12-16(15)19-18(20-17)22-14-10-6-4-2/h7-8,11-12H,3-6,9-10,13-14H2,1-2H3. The van der Waals surface area contributed by atoms with Crippen molar-refractivity contribution in [1.29, 1.82) is 0 Å². The van der Waals surface area contributed by atoms with Gasteiger partial charge in [-0.15, -0.1) is 0 Å². The van der Waals surface area contributed by atoms with Gasteiger partial charge < -0.3 is 0 Å². The molecule has 4 heteroatoms. The first-order valence-corrected chi connectivity index (χ1v) is 12.5. The van der Waals surface area contributed by atoms with Gasteiger partial charge in [0.25, 0.3) is 0 Å². The molecule has 0 atom stereocenters. The van der Waals surface area contributed by atoms with Gasteiger partial charge in [-0.3, -0.25) is 0 Å². The summed E-state index contributed by atoms with van der Waals surface area (Å²) in [6, 6.07) is 8.55. The molecule has 0 aliphatic rings. The molecule has 1 aromatic heterocycles. The third-order valence-electron chi connectivity index (χ3n) is 3.51. The summed E-state index contributed by atoms with van der Waals surface area (Å²) in [5, 5.41) is 3.87. The summed E-state index contributed by atoms with van der Waals surface area (Å²) in [6.07, 6.45) is 7.93. The van der Waals surface area contributed by atoms with Crippen LogP contribution in [0.5, 0.6) is 0 Å². The van der Waals surface area contributed by atoms with E-state index in [0.717, 1.165) is 10.2 Å². The van der Waals surface area contributed by atoms with Crippen molar-refractivity contribution in [3.63, 3.8) is 0 Å². The number of hydrogen-bond donors (Lipinski definition) is 0. The molecule has 2 aromatic rings. The van der Waals surface area contributed by atoms with Gasteiger partial charge in [0.1, 0.15) is 0 Å². The van der Waals surface area contributed by atoms with Crippen LogP contribution in [0.2, 0.25) is 10.6 Å². The van der Waals surface area contributed by atoms with Crippen molar-refractivity contribution in [2.24, 2.45) is 0 Å². The van der Waals surface area contributed by atoms with E-state index in [0.29, 0.717) is 29.9 Å². The van der Waals surface area contributed by atoms with Gasteiger partial charge in [0.2, 0.25) is 0 Å². The number of rotatable bonds is 10. The Hall–Kier alpha value is -0.401. The third kappa shape index (κ3) is 5.66. The molecule has 0 N–H and O–H groups in total. The summed E-state index contributed by atoms with van der Waals surface area (Å²) in [7, 11) is 0. The quantitative estimate of drug-likeness (QED) is 0.428. The fourth-order valence-electron chi connectivity index (χ4n) is 2.24. The van der Waals surface area contributed by atoms with Crippen molar-refractivity contribution in [2.45, 2.75) is 63.0 Å². The fourth-order valence-corrected chi connectivity index (χ4v) is 6.46. The first kappa shape index (κ1) is 17.9. The Bertz CT molecular complexity index is 572. The summed E-state index contributed by atoms with van der Waals surface area (Å²) in [5.74, 6) is 0. The van der Waals surface area contributed by atoms with Gasteiger partial charge >= 0.3 is 147 Å². The molecule has 1 heterocycles. The molecule has 0 aliphatic heterocycles. The minimum atomic E-state index is 0.438. The van der Waals surface area contributed by atoms with E-state index in [9.17, 15) is 0 Å². The van der Waals surface area contributed by atoms with Gasteiger partial charge in [0, 0.05) is 0 Å². The van der Waals surface area contributed by atoms with Gasteiger partial charge in [0.05, 0.1) is 0 Å². The zero-order valence-corrected chi connectivity index (χ0v) is 17.1. The summed E-state index contributed by atoms with van der Waals surface area (Å²) >= 11 is 0.930. The van der Waals surface area contributed by atoms with Gasteiger partial charge in [0.15, 0.2) is 0 Å². The van der Waals surface area contributed by atoms with Crippen LogP contribution in [0.1, 0.15) is 52.4 Å². The van der Waals surface area contributed by atoms with Crippen LogP contribution in [0.15, 0.2) is 24.3 Å². The van der Waals surface area contributed by atoms with Crippen LogP contribution in [0.25, 0.3) is 10.9 Å². The molecule has 0 amide bonds. The van der Waals surface area contributed by atoms with E-state index in [1.54, 1.807) is 0 Å². The number of benzene rings is 1. The van der Waals surface area contributed by atoms with Crippen molar-refractivity contribution in [2.75, 3.05) is 0 Å². The Labute approximate surface area is 147 Å². The molecular formula is C18H26N2Se2. The van der Waals surface area contributed by atoms with Crippen molar-refractivity contribution < 1.29 is 0 Å². The van der Waals surface area contributed by atoms with Crippen LogP contribution in [0.4, 0.5) is 0 Å².